The van der Waals surface area contributed by atoms with Gasteiger partial charge in [0.05, 0.1) is 13.2 Å². The van der Waals surface area contributed by atoms with Gasteiger partial charge in [-0.2, -0.15) is 0 Å². The van der Waals surface area contributed by atoms with Gasteiger partial charge in [-0.1, -0.05) is 30.3 Å². The highest BCUT2D eigenvalue weighted by atomic mass is 16.5. The van der Waals surface area contributed by atoms with Gasteiger partial charge in [-0.15, -0.1) is 0 Å². The Kier molecular flexibility index (Phi) is 4.46. The van der Waals surface area contributed by atoms with Gasteiger partial charge in [0.15, 0.2) is 0 Å². The average Bonchev–Trinajstić information content (AvgIpc) is 2.44. The zero-order valence-corrected chi connectivity index (χ0v) is 12.9. The Bertz CT molecular complexity index is 604. The molecule has 0 amide bonds. The van der Waals surface area contributed by atoms with Crippen molar-refractivity contribution in [1.82, 2.24) is 5.32 Å². The first-order valence-corrected chi connectivity index (χ1v) is 6.95. The standard InChI is InChI=1S/C18H23NO/c1-12-6-7-15(10-13(12)2)18(19-4)16-8-9-17(20-5)14(3)11-16/h6-11,18-19H,1-5H3. The Morgan fingerprint density at radius 1 is 0.850 bits per heavy atom. The van der Waals surface area contributed by atoms with Crippen LogP contribution < -0.4 is 10.1 Å². The van der Waals surface area contributed by atoms with E-state index in [9.17, 15) is 0 Å². The van der Waals surface area contributed by atoms with Gasteiger partial charge in [-0.25, -0.2) is 0 Å². The maximum atomic E-state index is 5.33. The second-order valence-electron chi connectivity index (χ2n) is 5.29. The van der Waals surface area contributed by atoms with Crippen molar-refractivity contribution in [3.8, 4) is 5.75 Å². The van der Waals surface area contributed by atoms with Crippen LogP contribution in [0.1, 0.15) is 33.9 Å². The molecule has 106 valence electrons. The Balaban J connectivity index is 2.41. The summed E-state index contributed by atoms with van der Waals surface area (Å²) in [5.41, 5.74) is 6.37. The van der Waals surface area contributed by atoms with Crippen LogP contribution in [0.25, 0.3) is 0 Å². The molecule has 0 aliphatic rings. The second kappa shape index (κ2) is 6.10. The van der Waals surface area contributed by atoms with Gasteiger partial charge in [-0.3, -0.25) is 0 Å². The Hall–Kier alpha value is -1.80. The van der Waals surface area contributed by atoms with Crippen molar-refractivity contribution in [1.29, 1.82) is 0 Å². The van der Waals surface area contributed by atoms with E-state index in [0.717, 1.165) is 11.3 Å². The molecule has 0 saturated heterocycles. The van der Waals surface area contributed by atoms with Gasteiger partial charge in [0.2, 0.25) is 0 Å². The molecule has 0 fully saturated rings. The van der Waals surface area contributed by atoms with E-state index < -0.39 is 0 Å². The number of methoxy groups -OCH3 is 1. The molecule has 1 N–H and O–H groups in total. The fraction of sp³-hybridized carbons (Fsp3) is 0.333. The molecular formula is C18H23NO. The zero-order chi connectivity index (χ0) is 14.7. The van der Waals surface area contributed by atoms with E-state index in [1.54, 1.807) is 7.11 Å². The summed E-state index contributed by atoms with van der Waals surface area (Å²) in [6, 6.07) is 13.2. The van der Waals surface area contributed by atoms with Crippen LogP contribution >= 0.6 is 0 Å². The molecule has 2 aromatic rings. The SMILES string of the molecule is CNC(c1ccc(C)c(C)c1)c1ccc(OC)c(C)c1. The van der Waals surface area contributed by atoms with Crippen molar-refractivity contribution in [2.24, 2.45) is 0 Å². The van der Waals surface area contributed by atoms with Crippen LogP contribution in [0.3, 0.4) is 0 Å². The van der Waals surface area contributed by atoms with Crippen molar-refractivity contribution in [2.45, 2.75) is 26.8 Å². The van der Waals surface area contributed by atoms with Crippen LogP contribution in [0.2, 0.25) is 0 Å². The summed E-state index contributed by atoms with van der Waals surface area (Å²) in [7, 11) is 3.71. The molecule has 0 spiro atoms. The summed E-state index contributed by atoms with van der Waals surface area (Å²) in [5.74, 6) is 0.934. The lowest BCUT2D eigenvalue weighted by atomic mass is 9.94. The molecule has 0 aromatic heterocycles. The van der Waals surface area contributed by atoms with Crippen LogP contribution in [0.4, 0.5) is 0 Å². The highest BCUT2D eigenvalue weighted by molar-refractivity contribution is 5.42. The topological polar surface area (TPSA) is 21.3 Å². The Morgan fingerprint density at radius 2 is 1.45 bits per heavy atom. The Morgan fingerprint density at radius 3 is 1.95 bits per heavy atom. The zero-order valence-electron chi connectivity index (χ0n) is 12.9. The maximum Gasteiger partial charge on any atom is 0.121 e. The van der Waals surface area contributed by atoms with E-state index in [1.165, 1.54) is 22.3 Å². The van der Waals surface area contributed by atoms with Crippen LogP contribution in [0.15, 0.2) is 36.4 Å². The van der Waals surface area contributed by atoms with Crippen LogP contribution in [-0.2, 0) is 0 Å². The van der Waals surface area contributed by atoms with Crippen molar-refractivity contribution < 1.29 is 4.74 Å². The lowest BCUT2D eigenvalue weighted by Crippen LogP contribution is -2.18. The molecule has 2 aromatic carbocycles. The molecule has 0 aliphatic carbocycles. The van der Waals surface area contributed by atoms with E-state index >= 15 is 0 Å². The van der Waals surface area contributed by atoms with Crippen LogP contribution in [-0.4, -0.2) is 14.2 Å². The lowest BCUT2D eigenvalue weighted by Gasteiger charge is -2.19. The van der Waals surface area contributed by atoms with E-state index in [-0.39, 0.29) is 6.04 Å². The smallest absolute Gasteiger partial charge is 0.121 e. The normalized spacial score (nSPS) is 12.2. The summed E-state index contributed by atoms with van der Waals surface area (Å²) in [6.45, 7) is 6.38. The predicted octanol–water partition coefficient (Wildman–Crippen LogP) is 3.93. The first-order chi connectivity index (χ1) is 9.56. The third kappa shape index (κ3) is 2.86. The molecule has 2 heteroatoms. The summed E-state index contributed by atoms with van der Waals surface area (Å²) in [4.78, 5) is 0. The van der Waals surface area contributed by atoms with Crippen LogP contribution in [0, 0.1) is 20.8 Å². The highest BCUT2D eigenvalue weighted by Crippen LogP contribution is 2.27. The lowest BCUT2D eigenvalue weighted by molar-refractivity contribution is 0.411. The molecule has 1 atom stereocenters. The molecule has 0 aliphatic heterocycles. The maximum absolute atomic E-state index is 5.33. The van der Waals surface area contributed by atoms with Gasteiger partial charge < -0.3 is 10.1 Å². The number of nitrogens with one attached hydrogen (secondary N) is 1. The van der Waals surface area contributed by atoms with E-state index in [4.69, 9.17) is 4.74 Å². The van der Waals surface area contributed by atoms with E-state index in [2.05, 4.69) is 56.4 Å². The molecule has 0 radical (unpaired) electrons. The third-order valence-corrected chi connectivity index (χ3v) is 3.91. The largest absolute Gasteiger partial charge is 0.496 e. The number of hydrogen-bond acceptors (Lipinski definition) is 2. The molecule has 2 nitrogen and oxygen atoms in total. The summed E-state index contributed by atoms with van der Waals surface area (Å²) in [6.07, 6.45) is 0. The molecule has 0 bridgehead atoms. The molecule has 1 unspecified atom stereocenters. The Labute approximate surface area is 121 Å². The summed E-state index contributed by atoms with van der Waals surface area (Å²) >= 11 is 0. The van der Waals surface area contributed by atoms with Gasteiger partial charge in [0.25, 0.3) is 0 Å². The molecular weight excluding hydrogens is 246 g/mol. The van der Waals surface area contributed by atoms with Gasteiger partial charge >= 0.3 is 0 Å². The number of benzene rings is 2. The fourth-order valence-corrected chi connectivity index (χ4v) is 2.55. The summed E-state index contributed by atoms with van der Waals surface area (Å²) < 4.78 is 5.33. The molecule has 20 heavy (non-hydrogen) atoms. The first kappa shape index (κ1) is 14.6. The van der Waals surface area contributed by atoms with Gasteiger partial charge in [-0.05, 0) is 61.7 Å². The first-order valence-electron chi connectivity index (χ1n) is 6.95. The minimum absolute atomic E-state index is 0.207. The van der Waals surface area contributed by atoms with E-state index in [1.807, 2.05) is 13.1 Å². The van der Waals surface area contributed by atoms with E-state index in [0.29, 0.717) is 0 Å². The summed E-state index contributed by atoms with van der Waals surface area (Å²) in [5, 5.41) is 3.41. The highest BCUT2D eigenvalue weighted by Gasteiger charge is 2.13. The number of aryl methyl sites for hydroxylation is 3. The molecule has 0 saturated carbocycles. The molecule has 0 heterocycles. The number of rotatable bonds is 4. The van der Waals surface area contributed by atoms with Crippen molar-refractivity contribution >= 4 is 0 Å². The quantitative estimate of drug-likeness (QED) is 0.908. The van der Waals surface area contributed by atoms with Crippen molar-refractivity contribution in [3.05, 3.63) is 64.2 Å². The third-order valence-electron chi connectivity index (χ3n) is 3.91. The molecule has 2 rings (SSSR count). The van der Waals surface area contributed by atoms with Crippen LogP contribution in [0.5, 0.6) is 5.75 Å². The minimum Gasteiger partial charge on any atom is -0.496 e. The van der Waals surface area contributed by atoms with Gasteiger partial charge in [0.1, 0.15) is 5.75 Å². The number of ether oxygens (including phenoxy) is 1. The van der Waals surface area contributed by atoms with Gasteiger partial charge in [0, 0.05) is 0 Å². The van der Waals surface area contributed by atoms with Crippen molar-refractivity contribution in [3.63, 3.8) is 0 Å². The average molecular weight is 269 g/mol. The fourth-order valence-electron chi connectivity index (χ4n) is 2.55. The van der Waals surface area contributed by atoms with Crippen molar-refractivity contribution in [2.75, 3.05) is 14.2 Å². The number of hydrogen-bond donors (Lipinski definition) is 1. The predicted molar refractivity (Wildman–Crippen MR) is 84.5 cm³/mol. The minimum atomic E-state index is 0.207. The second-order valence-corrected chi connectivity index (χ2v) is 5.29. The monoisotopic (exact) mass is 269 g/mol.